The molecule has 1 aromatic carbocycles. The van der Waals surface area contributed by atoms with Gasteiger partial charge in [-0.05, 0) is 32.4 Å². The zero-order valence-corrected chi connectivity index (χ0v) is 17.5. The summed E-state index contributed by atoms with van der Waals surface area (Å²) in [6, 6.07) is 2.06. The number of hydrogen-bond acceptors (Lipinski definition) is 5. The van der Waals surface area contributed by atoms with Crippen molar-refractivity contribution in [1.29, 1.82) is 0 Å². The van der Waals surface area contributed by atoms with E-state index in [0.717, 1.165) is 18.3 Å². The van der Waals surface area contributed by atoms with Gasteiger partial charge in [-0.1, -0.05) is 13.3 Å². The minimum atomic E-state index is -1.17. The van der Waals surface area contributed by atoms with Gasteiger partial charge in [0, 0.05) is 48.9 Å². The molecule has 1 atom stereocenters. The summed E-state index contributed by atoms with van der Waals surface area (Å²) >= 11 is 0. The predicted octanol–water partition coefficient (Wildman–Crippen LogP) is 4.66. The summed E-state index contributed by atoms with van der Waals surface area (Å²) in [7, 11) is 1.52. The third-order valence-corrected chi connectivity index (χ3v) is 4.54. The van der Waals surface area contributed by atoms with Gasteiger partial charge in [0.15, 0.2) is 12.1 Å². The van der Waals surface area contributed by atoms with E-state index < -0.39 is 23.4 Å². The molecule has 0 saturated heterocycles. The molecule has 1 aromatic heterocycles. The van der Waals surface area contributed by atoms with Crippen LogP contribution in [0, 0.1) is 5.82 Å². The first-order valence-corrected chi connectivity index (χ1v) is 9.62. The molecule has 0 fully saturated rings. The standard InChI is InChI=1S/C22H26F3N3O2/c1-5-6-16(23)11-28(4)12-20(25)17-8-18(19(24)7-14(17)13-29)21-26-9-15(10-27-21)22(2,3)30/h7-10,12-13,16,30H,5-6,11H2,1-4H3/b20-12+. The minimum absolute atomic E-state index is 0.00669. The molecule has 8 heteroatoms. The zero-order chi connectivity index (χ0) is 22.5. The first kappa shape index (κ1) is 23.5. The normalized spacial score (nSPS) is 13.3. The number of aldehydes is 1. The van der Waals surface area contributed by atoms with E-state index in [4.69, 9.17) is 0 Å². The van der Waals surface area contributed by atoms with Crippen LogP contribution in [0.25, 0.3) is 17.2 Å². The molecular formula is C22H26F3N3O2. The first-order valence-electron chi connectivity index (χ1n) is 9.62. The van der Waals surface area contributed by atoms with Crippen molar-refractivity contribution in [3.05, 3.63) is 53.2 Å². The number of aromatic nitrogens is 2. The highest BCUT2D eigenvalue weighted by Crippen LogP contribution is 2.29. The van der Waals surface area contributed by atoms with Crippen molar-refractivity contribution in [2.75, 3.05) is 13.6 Å². The second-order valence-electron chi connectivity index (χ2n) is 7.69. The van der Waals surface area contributed by atoms with Crippen LogP contribution in [0.4, 0.5) is 13.2 Å². The van der Waals surface area contributed by atoms with Crippen LogP contribution in [0.2, 0.25) is 0 Å². The lowest BCUT2D eigenvalue weighted by Crippen LogP contribution is -2.22. The van der Waals surface area contributed by atoms with Crippen LogP contribution in [0.5, 0.6) is 0 Å². The number of alkyl halides is 1. The molecule has 0 spiro atoms. The second-order valence-corrected chi connectivity index (χ2v) is 7.69. The smallest absolute Gasteiger partial charge is 0.162 e. The zero-order valence-electron chi connectivity index (χ0n) is 17.5. The highest BCUT2D eigenvalue weighted by molar-refractivity contribution is 5.86. The van der Waals surface area contributed by atoms with E-state index in [9.17, 15) is 23.1 Å². The van der Waals surface area contributed by atoms with E-state index in [0.29, 0.717) is 24.7 Å². The lowest BCUT2D eigenvalue weighted by molar-refractivity contribution is 0.0778. The molecule has 2 aromatic rings. The highest BCUT2D eigenvalue weighted by atomic mass is 19.1. The van der Waals surface area contributed by atoms with Crippen LogP contribution in [0.3, 0.4) is 0 Å². The predicted molar refractivity (Wildman–Crippen MR) is 110 cm³/mol. The van der Waals surface area contributed by atoms with Gasteiger partial charge in [0.25, 0.3) is 0 Å². The molecule has 0 aliphatic rings. The number of carbonyl (C=O) groups excluding carboxylic acids is 1. The summed E-state index contributed by atoms with van der Waals surface area (Å²) in [5.74, 6) is -1.62. The van der Waals surface area contributed by atoms with Crippen molar-refractivity contribution in [2.24, 2.45) is 0 Å². The maximum absolute atomic E-state index is 14.9. The largest absolute Gasteiger partial charge is 0.386 e. The van der Waals surface area contributed by atoms with E-state index in [-0.39, 0.29) is 29.1 Å². The summed E-state index contributed by atoms with van der Waals surface area (Å²) in [5.41, 5.74) is -1.17. The van der Waals surface area contributed by atoms with Crippen molar-refractivity contribution in [3.8, 4) is 11.4 Å². The molecule has 0 aliphatic heterocycles. The Bertz CT molecular complexity index is 909. The molecule has 0 radical (unpaired) electrons. The van der Waals surface area contributed by atoms with Crippen LogP contribution in [0.1, 0.15) is 55.1 Å². The van der Waals surface area contributed by atoms with Gasteiger partial charge in [0.2, 0.25) is 0 Å². The number of halogens is 3. The van der Waals surface area contributed by atoms with E-state index in [1.807, 2.05) is 6.92 Å². The Morgan fingerprint density at radius 2 is 1.93 bits per heavy atom. The Morgan fingerprint density at radius 3 is 2.47 bits per heavy atom. The van der Waals surface area contributed by atoms with Gasteiger partial charge in [0.05, 0.1) is 11.2 Å². The Morgan fingerprint density at radius 1 is 1.30 bits per heavy atom. The van der Waals surface area contributed by atoms with Gasteiger partial charge < -0.3 is 10.0 Å². The topological polar surface area (TPSA) is 66.3 Å². The number of nitrogens with zero attached hydrogens (tertiary/aromatic N) is 3. The van der Waals surface area contributed by atoms with Crippen molar-refractivity contribution < 1.29 is 23.1 Å². The molecule has 0 bridgehead atoms. The van der Waals surface area contributed by atoms with Gasteiger partial charge >= 0.3 is 0 Å². The maximum atomic E-state index is 14.9. The average molecular weight is 421 g/mol. The molecule has 0 amide bonds. The third-order valence-electron chi connectivity index (χ3n) is 4.54. The molecule has 1 unspecified atom stereocenters. The SMILES string of the molecule is CCCC(F)CN(C)/C=C(/F)c1cc(-c2ncc(C(C)(C)O)cn2)c(F)cc1C=O. The number of hydrogen-bond donors (Lipinski definition) is 1. The van der Waals surface area contributed by atoms with Gasteiger partial charge in [-0.25, -0.2) is 23.1 Å². The van der Waals surface area contributed by atoms with Crippen LogP contribution in [-0.4, -0.2) is 46.0 Å². The first-order chi connectivity index (χ1) is 14.1. The van der Waals surface area contributed by atoms with Crippen molar-refractivity contribution in [2.45, 2.75) is 45.4 Å². The second kappa shape index (κ2) is 9.84. The van der Waals surface area contributed by atoms with E-state index in [2.05, 4.69) is 9.97 Å². The van der Waals surface area contributed by atoms with E-state index in [1.165, 1.54) is 24.3 Å². The number of carbonyl (C=O) groups is 1. The lowest BCUT2D eigenvalue weighted by Gasteiger charge is -2.18. The van der Waals surface area contributed by atoms with Crippen LogP contribution >= 0.6 is 0 Å². The number of rotatable bonds is 9. The summed E-state index contributed by atoms with van der Waals surface area (Å²) < 4.78 is 43.2. The molecule has 1 heterocycles. The van der Waals surface area contributed by atoms with Crippen LogP contribution in [0.15, 0.2) is 30.7 Å². The molecule has 5 nitrogen and oxygen atoms in total. The fraction of sp³-hybridized carbons (Fsp3) is 0.409. The third kappa shape index (κ3) is 5.89. The van der Waals surface area contributed by atoms with Crippen LogP contribution in [-0.2, 0) is 5.60 Å². The minimum Gasteiger partial charge on any atom is -0.386 e. The van der Waals surface area contributed by atoms with E-state index >= 15 is 0 Å². The quantitative estimate of drug-likeness (QED) is 0.597. The van der Waals surface area contributed by atoms with Gasteiger partial charge in [-0.2, -0.15) is 0 Å². The fourth-order valence-electron chi connectivity index (χ4n) is 2.88. The van der Waals surface area contributed by atoms with Crippen molar-refractivity contribution in [1.82, 2.24) is 14.9 Å². The van der Waals surface area contributed by atoms with Gasteiger partial charge in [0.1, 0.15) is 17.8 Å². The molecular weight excluding hydrogens is 395 g/mol. The number of aliphatic hydroxyl groups is 1. The molecule has 1 N–H and O–H groups in total. The molecule has 162 valence electrons. The summed E-state index contributed by atoms with van der Waals surface area (Å²) in [4.78, 5) is 20.8. The summed E-state index contributed by atoms with van der Waals surface area (Å²) in [6.07, 6.45) is 4.05. The molecule has 0 saturated carbocycles. The monoisotopic (exact) mass is 421 g/mol. The van der Waals surface area contributed by atoms with Gasteiger partial charge in [-0.15, -0.1) is 0 Å². The molecule has 30 heavy (non-hydrogen) atoms. The molecule has 0 aliphatic carbocycles. The average Bonchev–Trinajstić information content (AvgIpc) is 2.67. The highest BCUT2D eigenvalue weighted by Gasteiger charge is 2.20. The lowest BCUT2D eigenvalue weighted by atomic mass is 10.0. The van der Waals surface area contributed by atoms with Crippen molar-refractivity contribution in [3.63, 3.8) is 0 Å². The molecule has 2 rings (SSSR count). The maximum Gasteiger partial charge on any atom is 0.162 e. The van der Waals surface area contributed by atoms with Crippen LogP contribution < -0.4 is 0 Å². The van der Waals surface area contributed by atoms with Crippen molar-refractivity contribution >= 4 is 12.1 Å². The summed E-state index contributed by atoms with van der Waals surface area (Å²) in [6.45, 7) is 4.97. The Labute approximate surface area is 174 Å². The van der Waals surface area contributed by atoms with Gasteiger partial charge in [-0.3, -0.25) is 4.79 Å². The Hall–Kier alpha value is -2.74. The van der Waals surface area contributed by atoms with E-state index in [1.54, 1.807) is 13.8 Å². The Kier molecular flexibility index (Phi) is 7.72. The number of benzene rings is 1. The summed E-state index contributed by atoms with van der Waals surface area (Å²) in [5, 5.41) is 9.99. The Balaban J connectivity index is 2.41. The fourth-order valence-corrected chi connectivity index (χ4v) is 2.88.